The number of hydrogen-bond donors (Lipinski definition) is 2. The van der Waals surface area contributed by atoms with Crippen LogP contribution in [0.15, 0.2) is 61.2 Å². The highest BCUT2D eigenvalue weighted by Gasteiger charge is 2.15. The van der Waals surface area contributed by atoms with Crippen LogP contribution in [0.4, 0.5) is 11.4 Å². The minimum atomic E-state index is -0.484. The fourth-order valence-corrected chi connectivity index (χ4v) is 2.65. The molecule has 144 valence electrons. The van der Waals surface area contributed by atoms with Gasteiger partial charge in [-0.05, 0) is 37.3 Å². The van der Waals surface area contributed by atoms with Crippen molar-refractivity contribution in [2.45, 2.75) is 19.4 Å². The van der Waals surface area contributed by atoms with Gasteiger partial charge < -0.3 is 15.4 Å². The third-order valence-corrected chi connectivity index (χ3v) is 4.19. The Labute approximate surface area is 162 Å². The first-order valence-electron chi connectivity index (χ1n) is 8.73. The molecule has 0 saturated carbocycles. The lowest BCUT2D eigenvalue weighted by Gasteiger charge is -2.13. The summed E-state index contributed by atoms with van der Waals surface area (Å²) in [5.74, 6) is 0.316. The minimum absolute atomic E-state index is 0.152. The van der Waals surface area contributed by atoms with Crippen LogP contribution in [0, 0.1) is 0 Å². The first-order valence-corrected chi connectivity index (χ1v) is 8.73. The maximum atomic E-state index is 12.3. The zero-order valence-electron chi connectivity index (χ0n) is 15.6. The number of ether oxygens (including phenoxy) is 1. The number of amides is 2. The van der Waals surface area contributed by atoms with Gasteiger partial charge in [-0.25, -0.2) is 9.67 Å². The minimum Gasteiger partial charge on any atom is -0.496 e. The summed E-state index contributed by atoms with van der Waals surface area (Å²) in [6.45, 7) is 1.73. The van der Waals surface area contributed by atoms with E-state index >= 15 is 0 Å². The SMILES string of the molecule is COc1ccccc1CC(=O)Nc1ccc(NC(=O)[C@@H](C)n2cncn2)cc1. The van der Waals surface area contributed by atoms with Gasteiger partial charge in [0.1, 0.15) is 24.4 Å². The van der Waals surface area contributed by atoms with Crippen molar-refractivity contribution in [2.24, 2.45) is 0 Å². The molecule has 1 heterocycles. The largest absolute Gasteiger partial charge is 0.496 e. The first kappa shape index (κ1) is 19.1. The summed E-state index contributed by atoms with van der Waals surface area (Å²) in [5, 5.41) is 9.61. The van der Waals surface area contributed by atoms with E-state index in [0.717, 1.165) is 5.56 Å². The van der Waals surface area contributed by atoms with Crippen molar-refractivity contribution in [2.75, 3.05) is 17.7 Å². The summed E-state index contributed by atoms with van der Waals surface area (Å²) < 4.78 is 6.74. The van der Waals surface area contributed by atoms with E-state index < -0.39 is 6.04 Å². The molecule has 0 radical (unpaired) electrons. The molecule has 3 rings (SSSR count). The number of hydrogen-bond acceptors (Lipinski definition) is 5. The standard InChI is InChI=1S/C20H21N5O3/c1-14(25-13-21-12-22-25)20(27)24-17-9-7-16(8-10-17)23-19(26)11-15-5-3-4-6-18(15)28-2/h3-10,12-14H,11H2,1-2H3,(H,23,26)(H,24,27)/t14-/m1/s1. The van der Waals surface area contributed by atoms with Crippen molar-refractivity contribution in [3.05, 3.63) is 66.7 Å². The number of methoxy groups -OCH3 is 1. The molecule has 8 heteroatoms. The van der Waals surface area contributed by atoms with Crippen LogP contribution in [0.2, 0.25) is 0 Å². The highest BCUT2D eigenvalue weighted by molar-refractivity contribution is 5.95. The van der Waals surface area contributed by atoms with E-state index in [9.17, 15) is 9.59 Å². The zero-order chi connectivity index (χ0) is 19.9. The Morgan fingerprint density at radius 3 is 2.39 bits per heavy atom. The lowest BCUT2D eigenvalue weighted by molar-refractivity contribution is -0.119. The maximum Gasteiger partial charge on any atom is 0.249 e. The second kappa shape index (κ2) is 8.81. The molecule has 28 heavy (non-hydrogen) atoms. The van der Waals surface area contributed by atoms with Crippen LogP contribution < -0.4 is 15.4 Å². The highest BCUT2D eigenvalue weighted by Crippen LogP contribution is 2.19. The van der Waals surface area contributed by atoms with Crippen LogP contribution in [-0.2, 0) is 16.0 Å². The molecular weight excluding hydrogens is 358 g/mol. The van der Waals surface area contributed by atoms with Gasteiger partial charge in [0.15, 0.2) is 0 Å². The van der Waals surface area contributed by atoms with E-state index in [-0.39, 0.29) is 18.2 Å². The van der Waals surface area contributed by atoms with Crippen LogP contribution in [0.5, 0.6) is 5.75 Å². The molecule has 8 nitrogen and oxygen atoms in total. The van der Waals surface area contributed by atoms with E-state index in [0.29, 0.717) is 17.1 Å². The van der Waals surface area contributed by atoms with Gasteiger partial charge in [0.2, 0.25) is 11.8 Å². The fourth-order valence-electron chi connectivity index (χ4n) is 2.65. The lowest BCUT2D eigenvalue weighted by atomic mass is 10.1. The number of carbonyl (C=O) groups is 2. The molecule has 1 aromatic heterocycles. The van der Waals surface area contributed by atoms with Crippen molar-refractivity contribution in [3.8, 4) is 5.75 Å². The predicted octanol–water partition coefficient (Wildman–Crippen LogP) is 2.67. The van der Waals surface area contributed by atoms with Gasteiger partial charge in [-0.1, -0.05) is 18.2 Å². The molecule has 0 aliphatic carbocycles. The van der Waals surface area contributed by atoms with Crippen LogP contribution in [-0.4, -0.2) is 33.7 Å². The molecule has 2 N–H and O–H groups in total. The second-order valence-electron chi connectivity index (χ2n) is 6.15. The Kier molecular flexibility index (Phi) is 6.01. The molecule has 2 aromatic carbocycles. The number of para-hydroxylation sites is 1. The topological polar surface area (TPSA) is 98.1 Å². The molecule has 0 unspecified atom stereocenters. The van der Waals surface area contributed by atoms with Gasteiger partial charge in [0.05, 0.1) is 13.5 Å². The number of aromatic nitrogens is 3. The Balaban J connectivity index is 1.56. The van der Waals surface area contributed by atoms with Crippen molar-refractivity contribution in [1.29, 1.82) is 0 Å². The number of anilines is 2. The molecule has 0 bridgehead atoms. The Morgan fingerprint density at radius 2 is 1.75 bits per heavy atom. The van der Waals surface area contributed by atoms with Gasteiger partial charge in [0.25, 0.3) is 0 Å². The van der Waals surface area contributed by atoms with E-state index in [1.54, 1.807) is 38.3 Å². The van der Waals surface area contributed by atoms with Gasteiger partial charge >= 0.3 is 0 Å². The number of benzene rings is 2. The maximum absolute atomic E-state index is 12.3. The van der Waals surface area contributed by atoms with Crippen LogP contribution >= 0.6 is 0 Å². The van der Waals surface area contributed by atoms with Crippen molar-refractivity contribution in [3.63, 3.8) is 0 Å². The summed E-state index contributed by atoms with van der Waals surface area (Å²) in [6, 6.07) is 13.8. The van der Waals surface area contributed by atoms with Crippen molar-refractivity contribution in [1.82, 2.24) is 14.8 Å². The number of rotatable bonds is 7. The highest BCUT2D eigenvalue weighted by atomic mass is 16.5. The van der Waals surface area contributed by atoms with E-state index in [1.165, 1.54) is 17.3 Å². The van der Waals surface area contributed by atoms with Gasteiger partial charge in [-0.2, -0.15) is 5.10 Å². The number of nitrogens with zero attached hydrogens (tertiary/aromatic N) is 3. The summed E-state index contributed by atoms with van der Waals surface area (Å²) in [7, 11) is 1.58. The Bertz CT molecular complexity index is 939. The Hall–Kier alpha value is -3.68. The molecule has 1 atom stereocenters. The Morgan fingerprint density at radius 1 is 1.07 bits per heavy atom. The zero-order valence-corrected chi connectivity index (χ0v) is 15.6. The van der Waals surface area contributed by atoms with E-state index in [4.69, 9.17) is 4.74 Å². The lowest BCUT2D eigenvalue weighted by Crippen LogP contribution is -2.24. The van der Waals surface area contributed by atoms with Crippen LogP contribution in [0.1, 0.15) is 18.5 Å². The molecule has 0 fully saturated rings. The van der Waals surface area contributed by atoms with Gasteiger partial charge in [-0.3, -0.25) is 9.59 Å². The summed E-state index contributed by atoms with van der Waals surface area (Å²) in [5.41, 5.74) is 2.08. The normalized spacial score (nSPS) is 11.5. The fraction of sp³-hybridized carbons (Fsp3) is 0.200. The smallest absolute Gasteiger partial charge is 0.249 e. The third-order valence-electron chi connectivity index (χ3n) is 4.19. The molecule has 0 saturated heterocycles. The van der Waals surface area contributed by atoms with Crippen molar-refractivity contribution >= 4 is 23.2 Å². The number of carbonyl (C=O) groups excluding carboxylic acids is 2. The predicted molar refractivity (Wildman–Crippen MR) is 105 cm³/mol. The monoisotopic (exact) mass is 379 g/mol. The molecule has 0 aliphatic rings. The average Bonchev–Trinajstić information content (AvgIpc) is 3.24. The molecule has 2 amide bonds. The van der Waals surface area contributed by atoms with Crippen molar-refractivity contribution < 1.29 is 14.3 Å². The molecule has 3 aromatic rings. The molecule has 0 aliphatic heterocycles. The van der Waals surface area contributed by atoms with Gasteiger partial charge in [-0.15, -0.1) is 0 Å². The van der Waals surface area contributed by atoms with E-state index in [2.05, 4.69) is 20.7 Å². The quantitative estimate of drug-likeness (QED) is 0.658. The summed E-state index contributed by atoms with van der Waals surface area (Å²) in [6.07, 6.45) is 3.08. The summed E-state index contributed by atoms with van der Waals surface area (Å²) in [4.78, 5) is 28.4. The van der Waals surface area contributed by atoms with Crippen LogP contribution in [0.3, 0.4) is 0 Å². The summed E-state index contributed by atoms with van der Waals surface area (Å²) >= 11 is 0. The van der Waals surface area contributed by atoms with Crippen LogP contribution in [0.25, 0.3) is 0 Å². The average molecular weight is 379 g/mol. The van der Waals surface area contributed by atoms with E-state index in [1.807, 2.05) is 24.3 Å². The van der Waals surface area contributed by atoms with Gasteiger partial charge in [0, 0.05) is 16.9 Å². The number of nitrogens with one attached hydrogen (secondary N) is 2. The third kappa shape index (κ3) is 4.73. The molecular formula is C20H21N5O3. The first-order chi connectivity index (χ1) is 13.6. The second-order valence-corrected chi connectivity index (χ2v) is 6.15. The molecule has 0 spiro atoms.